The van der Waals surface area contributed by atoms with Crippen LogP contribution in [0.5, 0.6) is 5.75 Å². The first kappa shape index (κ1) is 18.7. The van der Waals surface area contributed by atoms with Gasteiger partial charge < -0.3 is 15.2 Å². The smallest absolute Gasteiger partial charge is 0.306 e. The Hall–Kier alpha value is -3.59. The number of aliphatic carboxylic acids is 1. The van der Waals surface area contributed by atoms with E-state index in [0.29, 0.717) is 17.0 Å². The number of aryl methyl sites for hydroxylation is 1. The maximum absolute atomic E-state index is 12.3. The third-order valence-corrected chi connectivity index (χ3v) is 3.43. The fraction of sp³-hybridized carbons (Fsp3) is 0.150. The number of nitrogens with zero attached hydrogens (tertiary/aromatic N) is 1. The van der Waals surface area contributed by atoms with E-state index in [4.69, 9.17) is 9.84 Å². The van der Waals surface area contributed by atoms with Crippen LogP contribution < -0.4 is 10.1 Å². The van der Waals surface area contributed by atoms with Gasteiger partial charge in [0, 0.05) is 5.69 Å². The lowest BCUT2D eigenvalue weighted by atomic mass is 10.1. The molecular formula is C20H18N2O4. The summed E-state index contributed by atoms with van der Waals surface area (Å²) in [4.78, 5) is 22.8. The monoisotopic (exact) mass is 350 g/mol. The number of ether oxygens (including phenoxy) is 1. The molecule has 1 amide bonds. The van der Waals surface area contributed by atoms with E-state index < -0.39 is 11.9 Å². The zero-order chi connectivity index (χ0) is 18.9. The number of nitrogens with one attached hydrogen (secondary N) is 1. The highest BCUT2D eigenvalue weighted by atomic mass is 16.5. The fourth-order valence-corrected chi connectivity index (χ4v) is 2.10. The molecule has 0 atom stereocenters. The number of amides is 1. The van der Waals surface area contributed by atoms with E-state index in [1.807, 2.05) is 25.1 Å². The van der Waals surface area contributed by atoms with Gasteiger partial charge in [0.2, 0.25) is 0 Å². The number of carbonyl (C=O) groups excluding carboxylic acids is 1. The lowest BCUT2D eigenvalue weighted by molar-refractivity contribution is -0.137. The molecule has 0 saturated carbocycles. The Morgan fingerprint density at radius 3 is 2.62 bits per heavy atom. The number of rotatable bonds is 7. The predicted octanol–water partition coefficient (Wildman–Crippen LogP) is 3.39. The van der Waals surface area contributed by atoms with Crippen LogP contribution in [0.2, 0.25) is 0 Å². The molecule has 26 heavy (non-hydrogen) atoms. The Morgan fingerprint density at radius 1 is 1.23 bits per heavy atom. The third-order valence-electron chi connectivity index (χ3n) is 3.43. The van der Waals surface area contributed by atoms with Crippen LogP contribution in [-0.2, 0) is 9.59 Å². The molecule has 0 aliphatic rings. The second kappa shape index (κ2) is 9.04. The summed E-state index contributed by atoms with van der Waals surface area (Å²) in [6.07, 6.45) is 1.34. The molecule has 0 aliphatic carbocycles. The minimum atomic E-state index is -0.944. The predicted molar refractivity (Wildman–Crippen MR) is 97.6 cm³/mol. The molecule has 0 spiro atoms. The molecule has 0 bridgehead atoms. The molecule has 0 heterocycles. The van der Waals surface area contributed by atoms with Crippen molar-refractivity contribution < 1.29 is 19.4 Å². The van der Waals surface area contributed by atoms with Crippen LogP contribution in [0.3, 0.4) is 0 Å². The molecular weight excluding hydrogens is 332 g/mol. The number of hydrogen-bond acceptors (Lipinski definition) is 4. The van der Waals surface area contributed by atoms with Crippen LogP contribution in [0.1, 0.15) is 17.5 Å². The number of anilines is 1. The molecule has 0 unspecified atom stereocenters. The van der Waals surface area contributed by atoms with E-state index >= 15 is 0 Å². The number of nitriles is 1. The Balaban J connectivity index is 2.09. The minimum Gasteiger partial charge on any atom is -0.493 e. The van der Waals surface area contributed by atoms with Gasteiger partial charge in [-0.3, -0.25) is 9.59 Å². The second-order valence-corrected chi connectivity index (χ2v) is 5.55. The van der Waals surface area contributed by atoms with Gasteiger partial charge in [0.1, 0.15) is 17.4 Å². The molecule has 0 radical (unpaired) electrons. The molecule has 6 heteroatoms. The van der Waals surface area contributed by atoms with E-state index in [1.165, 1.54) is 6.08 Å². The van der Waals surface area contributed by atoms with Gasteiger partial charge in [-0.05, 0) is 42.8 Å². The Morgan fingerprint density at radius 2 is 1.96 bits per heavy atom. The summed E-state index contributed by atoms with van der Waals surface area (Å²) < 4.78 is 5.35. The van der Waals surface area contributed by atoms with Crippen molar-refractivity contribution in [2.45, 2.75) is 13.3 Å². The molecule has 2 rings (SSSR count). The van der Waals surface area contributed by atoms with Crippen LogP contribution in [0.4, 0.5) is 5.69 Å². The molecule has 0 saturated heterocycles. The number of carboxylic acid groups (broad SMARTS) is 1. The molecule has 2 aromatic rings. The van der Waals surface area contributed by atoms with E-state index in [9.17, 15) is 14.9 Å². The standard InChI is InChI=1S/C20H18N2O4/c1-14-5-7-17(8-6-14)22-20(25)16(13-21)11-15-3-2-4-18(12-15)26-10-9-19(23)24/h2-8,11-12H,9-10H2,1H3,(H,22,25)(H,23,24). The zero-order valence-corrected chi connectivity index (χ0v) is 14.2. The normalized spacial score (nSPS) is 10.7. The first-order chi connectivity index (χ1) is 12.5. The topological polar surface area (TPSA) is 99.4 Å². The summed E-state index contributed by atoms with van der Waals surface area (Å²) in [5.74, 6) is -0.981. The van der Waals surface area contributed by atoms with Crippen molar-refractivity contribution in [3.63, 3.8) is 0 Å². The highest BCUT2D eigenvalue weighted by Crippen LogP contribution is 2.17. The van der Waals surface area contributed by atoms with Crippen molar-refractivity contribution in [2.75, 3.05) is 11.9 Å². The van der Waals surface area contributed by atoms with E-state index in [2.05, 4.69) is 5.32 Å². The van der Waals surface area contributed by atoms with Crippen LogP contribution >= 0.6 is 0 Å². The van der Waals surface area contributed by atoms with E-state index in [-0.39, 0.29) is 18.6 Å². The first-order valence-corrected chi connectivity index (χ1v) is 7.92. The number of carboxylic acids is 1. The number of hydrogen-bond donors (Lipinski definition) is 2. The van der Waals surface area contributed by atoms with Crippen molar-refractivity contribution in [1.29, 1.82) is 5.26 Å². The Bertz CT molecular complexity index is 864. The van der Waals surface area contributed by atoms with Crippen LogP contribution in [0.25, 0.3) is 6.08 Å². The average molecular weight is 350 g/mol. The van der Waals surface area contributed by atoms with Crippen molar-refractivity contribution in [1.82, 2.24) is 0 Å². The zero-order valence-electron chi connectivity index (χ0n) is 14.2. The largest absolute Gasteiger partial charge is 0.493 e. The molecule has 0 aliphatic heterocycles. The highest BCUT2D eigenvalue weighted by Gasteiger charge is 2.10. The summed E-state index contributed by atoms with van der Waals surface area (Å²) in [6.45, 7) is 1.99. The summed E-state index contributed by atoms with van der Waals surface area (Å²) in [5.41, 5.74) is 2.23. The van der Waals surface area contributed by atoms with Gasteiger partial charge in [-0.2, -0.15) is 5.26 Å². The van der Waals surface area contributed by atoms with Gasteiger partial charge >= 0.3 is 5.97 Å². The Kier molecular flexibility index (Phi) is 6.52. The van der Waals surface area contributed by atoms with Crippen LogP contribution in [-0.4, -0.2) is 23.6 Å². The van der Waals surface area contributed by atoms with Gasteiger partial charge in [0.15, 0.2) is 0 Å². The van der Waals surface area contributed by atoms with Gasteiger partial charge in [-0.15, -0.1) is 0 Å². The summed E-state index contributed by atoms with van der Waals surface area (Å²) in [5, 5.41) is 20.6. The van der Waals surface area contributed by atoms with E-state index in [0.717, 1.165) is 5.56 Å². The third kappa shape index (κ3) is 5.80. The maximum Gasteiger partial charge on any atom is 0.306 e. The summed E-state index contributed by atoms with van der Waals surface area (Å²) in [7, 11) is 0. The number of benzene rings is 2. The minimum absolute atomic E-state index is 0.0432. The van der Waals surface area contributed by atoms with Gasteiger partial charge in [-0.1, -0.05) is 29.8 Å². The quantitative estimate of drug-likeness (QED) is 0.589. The molecule has 0 fully saturated rings. The maximum atomic E-state index is 12.3. The molecule has 0 aromatic heterocycles. The second-order valence-electron chi connectivity index (χ2n) is 5.55. The lowest BCUT2D eigenvalue weighted by Gasteiger charge is -2.06. The summed E-state index contributed by atoms with van der Waals surface area (Å²) >= 11 is 0. The lowest BCUT2D eigenvalue weighted by Crippen LogP contribution is -2.13. The van der Waals surface area contributed by atoms with Crippen LogP contribution in [0.15, 0.2) is 54.1 Å². The molecule has 2 aromatic carbocycles. The van der Waals surface area contributed by atoms with Gasteiger partial charge in [0.05, 0.1) is 13.0 Å². The SMILES string of the molecule is Cc1ccc(NC(=O)C(C#N)=Cc2cccc(OCCC(=O)O)c2)cc1. The fourth-order valence-electron chi connectivity index (χ4n) is 2.10. The number of carbonyl (C=O) groups is 2. The molecule has 6 nitrogen and oxygen atoms in total. The van der Waals surface area contributed by atoms with Gasteiger partial charge in [-0.25, -0.2) is 0 Å². The van der Waals surface area contributed by atoms with Crippen molar-refractivity contribution in [3.8, 4) is 11.8 Å². The van der Waals surface area contributed by atoms with Crippen molar-refractivity contribution in [2.24, 2.45) is 0 Å². The van der Waals surface area contributed by atoms with Crippen molar-refractivity contribution in [3.05, 3.63) is 65.2 Å². The molecule has 132 valence electrons. The van der Waals surface area contributed by atoms with Gasteiger partial charge in [0.25, 0.3) is 5.91 Å². The van der Waals surface area contributed by atoms with Crippen molar-refractivity contribution >= 4 is 23.6 Å². The van der Waals surface area contributed by atoms with Crippen LogP contribution in [0, 0.1) is 18.3 Å². The van der Waals surface area contributed by atoms with E-state index in [1.54, 1.807) is 36.4 Å². The average Bonchev–Trinajstić information content (AvgIpc) is 2.61. The first-order valence-electron chi connectivity index (χ1n) is 7.92. The summed E-state index contributed by atoms with van der Waals surface area (Å²) in [6, 6.07) is 15.9. The highest BCUT2D eigenvalue weighted by molar-refractivity contribution is 6.09. The molecule has 2 N–H and O–H groups in total. The Labute approximate surface area is 151 Å².